The monoisotopic (exact) mass is 264 g/mol. The fraction of sp³-hybridized carbons (Fsp3) is 0.533. The number of aryl methyl sites for hydroxylation is 1. The van der Waals surface area contributed by atoms with E-state index >= 15 is 0 Å². The summed E-state index contributed by atoms with van der Waals surface area (Å²) >= 11 is 0. The molecule has 1 amide bonds. The lowest BCUT2D eigenvalue weighted by Crippen LogP contribution is -2.34. The van der Waals surface area contributed by atoms with Gasteiger partial charge < -0.3 is 15.4 Å². The van der Waals surface area contributed by atoms with Crippen LogP contribution in [0.3, 0.4) is 0 Å². The van der Waals surface area contributed by atoms with E-state index in [1.807, 2.05) is 45.9 Å². The second-order valence-corrected chi connectivity index (χ2v) is 4.68. The van der Waals surface area contributed by atoms with Crippen molar-refractivity contribution in [3.8, 4) is 5.75 Å². The summed E-state index contributed by atoms with van der Waals surface area (Å²) in [4.78, 5) is 13.7. The average molecular weight is 264 g/mol. The summed E-state index contributed by atoms with van der Waals surface area (Å²) in [5.41, 5.74) is 7.93. The molecule has 0 spiro atoms. The van der Waals surface area contributed by atoms with Crippen molar-refractivity contribution >= 4 is 5.91 Å². The quantitative estimate of drug-likeness (QED) is 0.857. The van der Waals surface area contributed by atoms with Gasteiger partial charge in [0.25, 0.3) is 5.91 Å². The zero-order chi connectivity index (χ0) is 14.4. The van der Waals surface area contributed by atoms with Crippen LogP contribution < -0.4 is 10.5 Å². The third-order valence-electron chi connectivity index (χ3n) is 3.13. The van der Waals surface area contributed by atoms with Gasteiger partial charge in [-0.2, -0.15) is 0 Å². The highest BCUT2D eigenvalue weighted by molar-refractivity contribution is 5.77. The Labute approximate surface area is 115 Å². The standard InChI is InChI=1S/C15H24N2O2/c1-5-17(6-2)15(18)10-19-14-9-11(3)7-8-13(14)12(4)16/h7-9,12H,5-6,10,16H2,1-4H3. The van der Waals surface area contributed by atoms with Crippen molar-refractivity contribution in [2.45, 2.75) is 33.7 Å². The molecule has 2 N–H and O–H groups in total. The number of carbonyl (C=O) groups excluding carboxylic acids is 1. The normalized spacial score (nSPS) is 12.1. The van der Waals surface area contributed by atoms with Gasteiger partial charge in [0.15, 0.2) is 6.61 Å². The summed E-state index contributed by atoms with van der Waals surface area (Å²) in [7, 11) is 0. The van der Waals surface area contributed by atoms with Crippen LogP contribution >= 0.6 is 0 Å². The van der Waals surface area contributed by atoms with Crippen molar-refractivity contribution in [3.05, 3.63) is 29.3 Å². The van der Waals surface area contributed by atoms with Crippen molar-refractivity contribution in [2.24, 2.45) is 5.73 Å². The van der Waals surface area contributed by atoms with Crippen molar-refractivity contribution in [2.75, 3.05) is 19.7 Å². The van der Waals surface area contributed by atoms with Crippen LogP contribution in [0.5, 0.6) is 5.75 Å². The number of likely N-dealkylation sites (N-methyl/N-ethyl adjacent to an activating group) is 1. The molecule has 0 aliphatic rings. The van der Waals surface area contributed by atoms with Crippen molar-refractivity contribution < 1.29 is 9.53 Å². The summed E-state index contributed by atoms with van der Waals surface area (Å²) in [6.45, 7) is 9.28. The first kappa shape index (κ1) is 15.5. The lowest BCUT2D eigenvalue weighted by atomic mass is 10.1. The lowest BCUT2D eigenvalue weighted by molar-refractivity contribution is -0.132. The highest BCUT2D eigenvalue weighted by Gasteiger charge is 2.13. The van der Waals surface area contributed by atoms with E-state index < -0.39 is 0 Å². The molecule has 4 heteroatoms. The molecule has 1 aromatic carbocycles. The molecule has 1 aromatic rings. The summed E-state index contributed by atoms with van der Waals surface area (Å²) in [5.74, 6) is 0.706. The fourth-order valence-electron chi connectivity index (χ4n) is 1.95. The SMILES string of the molecule is CCN(CC)C(=O)COc1cc(C)ccc1C(C)N. The molecular weight excluding hydrogens is 240 g/mol. The van der Waals surface area contributed by atoms with Crippen molar-refractivity contribution in [1.82, 2.24) is 4.90 Å². The van der Waals surface area contributed by atoms with Crippen molar-refractivity contribution in [3.63, 3.8) is 0 Å². The van der Waals surface area contributed by atoms with Gasteiger partial charge in [0, 0.05) is 24.7 Å². The van der Waals surface area contributed by atoms with E-state index in [9.17, 15) is 4.79 Å². The smallest absolute Gasteiger partial charge is 0.260 e. The Morgan fingerprint density at radius 3 is 2.53 bits per heavy atom. The molecule has 0 heterocycles. The first-order valence-corrected chi connectivity index (χ1v) is 6.76. The molecule has 0 radical (unpaired) electrons. The number of nitrogens with zero attached hydrogens (tertiary/aromatic N) is 1. The summed E-state index contributed by atoms with van der Waals surface area (Å²) < 4.78 is 5.65. The van der Waals surface area contributed by atoms with Gasteiger partial charge in [0.2, 0.25) is 0 Å². The molecule has 0 aliphatic heterocycles. The molecule has 19 heavy (non-hydrogen) atoms. The van der Waals surface area contributed by atoms with Crippen LogP contribution in [0.15, 0.2) is 18.2 Å². The van der Waals surface area contributed by atoms with E-state index in [-0.39, 0.29) is 18.6 Å². The first-order chi connectivity index (χ1) is 8.99. The topological polar surface area (TPSA) is 55.6 Å². The third-order valence-corrected chi connectivity index (χ3v) is 3.13. The van der Waals surface area contributed by atoms with Crippen LogP contribution in [-0.4, -0.2) is 30.5 Å². The van der Waals surface area contributed by atoms with Crippen LogP contribution in [0.2, 0.25) is 0 Å². The first-order valence-electron chi connectivity index (χ1n) is 6.76. The molecule has 0 aromatic heterocycles. The number of nitrogens with two attached hydrogens (primary N) is 1. The second-order valence-electron chi connectivity index (χ2n) is 4.68. The molecule has 0 bridgehead atoms. The number of rotatable bonds is 6. The molecule has 1 atom stereocenters. The van der Waals surface area contributed by atoms with E-state index in [0.717, 1.165) is 11.1 Å². The molecule has 0 fully saturated rings. The number of benzene rings is 1. The second kappa shape index (κ2) is 7.14. The number of carbonyl (C=O) groups is 1. The minimum atomic E-state index is -0.112. The fourth-order valence-corrected chi connectivity index (χ4v) is 1.95. The van der Waals surface area contributed by atoms with Crippen LogP contribution in [0.4, 0.5) is 0 Å². The molecular formula is C15H24N2O2. The zero-order valence-electron chi connectivity index (χ0n) is 12.3. The minimum absolute atomic E-state index is 0.00197. The Kier molecular flexibility index (Phi) is 5.83. The predicted octanol–water partition coefficient (Wildman–Crippen LogP) is 2.26. The largest absolute Gasteiger partial charge is 0.483 e. The summed E-state index contributed by atoms with van der Waals surface area (Å²) in [5, 5.41) is 0. The van der Waals surface area contributed by atoms with Crippen LogP contribution in [0.25, 0.3) is 0 Å². The molecule has 1 rings (SSSR count). The molecule has 0 saturated heterocycles. The Bertz CT molecular complexity index is 426. The Hall–Kier alpha value is -1.55. The van der Waals surface area contributed by atoms with Crippen molar-refractivity contribution in [1.29, 1.82) is 0 Å². The van der Waals surface area contributed by atoms with Gasteiger partial charge in [-0.25, -0.2) is 0 Å². The van der Waals surface area contributed by atoms with E-state index in [1.165, 1.54) is 0 Å². The maximum Gasteiger partial charge on any atom is 0.260 e. The highest BCUT2D eigenvalue weighted by Crippen LogP contribution is 2.25. The van der Waals surface area contributed by atoms with E-state index in [1.54, 1.807) is 4.90 Å². The van der Waals surface area contributed by atoms with E-state index in [2.05, 4.69) is 0 Å². The summed E-state index contributed by atoms with van der Waals surface area (Å²) in [6.07, 6.45) is 0. The van der Waals surface area contributed by atoms with Crippen LogP contribution in [0, 0.1) is 6.92 Å². The van der Waals surface area contributed by atoms with Gasteiger partial charge in [-0.3, -0.25) is 4.79 Å². The Morgan fingerprint density at radius 2 is 2.00 bits per heavy atom. The highest BCUT2D eigenvalue weighted by atomic mass is 16.5. The van der Waals surface area contributed by atoms with Crippen LogP contribution in [0.1, 0.15) is 37.9 Å². The Balaban J connectivity index is 2.77. The lowest BCUT2D eigenvalue weighted by Gasteiger charge is -2.20. The molecule has 0 aliphatic carbocycles. The molecule has 106 valence electrons. The summed E-state index contributed by atoms with van der Waals surface area (Å²) in [6, 6.07) is 5.77. The van der Waals surface area contributed by atoms with Gasteiger partial charge in [-0.1, -0.05) is 12.1 Å². The predicted molar refractivity (Wildman–Crippen MR) is 77.2 cm³/mol. The van der Waals surface area contributed by atoms with Gasteiger partial charge in [-0.15, -0.1) is 0 Å². The van der Waals surface area contributed by atoms with Gasteiger partial charge in [0.1, 0.15) is 5.75 Å². The number of hydrogen-bond donors (Lipinski definition) is 1. The molecule has 0 saturated carbocycles. The number of amides is 1. The number of hydrogen-bond acceptors (Lipinski definition) is 3. The van der Waals surface area contributed by atoms with E-state index in [4.69, 9.17) is 10.5 Å². The van der Waals surface area contributed by atoms with Gasteiger partial charge >= 0.3 is 0 Å². The van der Waals surface area contributed by atoms with Gasteiger partial charge in [-0.05, 0) is 39.3 Å². The Morgan fingerprint density at radius 1 is 1.37 bits per heavy atom. The maximum atomic E-state index is 11.9. The average Bonchev–Trinajstić information content (AvgIpc) is 2.37. The molecule has 4 nitrogen and oxygen atoms in total. The van der Waals surface area contributed by atoms with Gasteiger partial charge in [0.05, 0.1) is 0 Å². The number of ether oxygens (including phenoxy) is 1. The maximum absolute atomic E-state index is 11.9. The van der Waals surface area contributed by atoms with E-state index in [0.29, 0.717) is 18.8 Å². The van der Waals surface area contributed by atoms with Crippen LogP contribution in [-0.2, 0) is 4.79 Å². The zero-order valence-corrected chi connectivity index (χ0v) is 12.3. The molecule has 1 unspecified atom stereocenters. The minimum Gasteiger partial charge on any atom is -0.483 e. The third kappa shape index (κ3) is 4.24.